The van der Waals surface area contributed by atoms with Crippen LogP contribution in [0, 0.1) is 6.92 Å². The smallest absolute Gasteiger partial charge is 0.404 e. The Balaban J connectivity index is 3.16. The Morgan fingerprint density at radius 3 is 2.47 bits per heavy atom. The lowest BCUT2D eigenvalue weighted by atomic mass is 10.0. The first-order valence-corrected chi connectivity index (χ1v) is 5.59. The lowest BCUT2D eigenvalue weighted by Crippen LogP contribution is -2.39. The number of halogens is 2. The summed E-state index contributed by atoms with van der Waals surface area (Å²) in [4.78, 5) is 22.9. The number of carbonyl (C=O) groups is 2. The molecule has 0 atom stereocenters. The molecule has 1 aromatic rings. The van der Waals surface area contributed by atoms with Crippen molar-refractivity contribution in [1.82, 2.24) is 0 Å². The molecule has 4 nitrogen and oxygen atoms in total. The molecule has 0 aromatic heterocycles. The van der Waals surface area contributed by atoms with Crippen molar-refractivity contribution in [2.45, 2.75) is 19.8 Å². The van der Waals surface area contributed by atoms with Crippen LogP contribution in [0.3, 0.4) is 0 Å². The van der Waals surface area contributed by atoms with Crippen LogP contribution < -0.4 is 4.74 Å². The van der Waals surface area contributed by atoms with E-state index in [4.69, 9.17) is 4.74 Å². The maximum absolute atomic E-state index is 13.6. The highest BCUT2D eigenvalue weighted by molar-refractivity contribution is 6.15. The van der Waals surface area contributed by atoms with E-state index in [1.54, 1.807) is 6.92 Å². The molecule has 1 aromatic carbocycles. The van der Waals surface area contributed by atoms with Crippen molar-refractivity contribution in [3.05, 3.63) is 29.3 Å². The van der Waals surface area contributed by atoms with Crippen LogP contribution in [0.2, 0.25) is 0 Å². The largest absolute Gasteiger partial charge is 0.496 e. The lowest BCUT2D eigenvalue weighted by molar-refractivity contribution is -0.164. The van der Waals surface area contributed by atoms with Crippen LogP contribution in [-0.2, 0) is 9.53 Å². The van der Waals surface area contributed by atoms with Gasteiger partial charge in [0.05, 0.1) is 19.3 Å². The van der Waals surface area contributed by atoms with Gasteiger partial charge < -0.3 is 9.47 Å². The van der Waals surface area contributed by atoms with Crippen LogP contribution in [0.5, 0.6) is 5.75 Å². The molecular weight excluding hydrogens is 258 g/mol. The normalized spacial score (nSPS) is 11.0. The summed E-state index contributed by atoms with van der Waals surface area (Å²) in [5.74, 6) is -7.72. The molecule has 0 N–H and O–H groups in total. The number of benzene rings is 1. The molecule has 0 amide bonds. The number of hydrogen-bond donors (Lipinski definition) is 0. The first-order chi connectivity index (χ1) is 8.84. The zero-order valence-corrected chi connectivity index (χ0v) is 10.8. The number of ketones is 1. The third kappa shape index (κ3) is 3.07. The van der Waals surface area contributed by atoms with Gasteiger partial charge in [-0.2, -0.15) is 8.78 Å². The van der Waals surface area contributed by atoms with Crippen LogP contribution in [-0.4, -0.2) is 31.4 Å². The van der Waals surface area contributed by atoms with Crippen molar-refractivity contribution in [3.63, 3.8) is 0 Å². The molecular formula is C13H14F2O4. The minimum absolute atomic E-state index is 0.00558. The molecule has 0 saturated heterocycles. The van der Waals surface area contributed by atoms with Crippen LogP contribution in [0.4, 0.5) is 8.78 Å². The highest BCUT2D eigenvalue weighted by Gasteiger charge is 2.50. The number of alkyl halides is 2. The van der Waals surface area contributed by atoms with Crippen molar-refractivity contribution in [3.8, 4) is 5.75 Å². The van der Waals surface area contributed by atoms with Gasteiger partial charge in [-0.05, 0) is 31.5 Å². The maximum Gasteiger partial charge on any atom is 0.404 e. The molecule has 0 unspecified atom stereocenters. The van der Waals surface area contributed by atoms with E-state index in [1.807, 2.05) is 0 Å². The number of ether oxygens (including phenoxy) is 2. The van der Waals surface area contributed by atoms with Gasteiger partial charge in [0, 0.05) is 0 Å². The number of carbonyl (C=O) groups excluding carboxylic acids is 2. The molecule has 0 radical (unpaired) electrons. The third-order valence-electron chi connectivity index (χ3n) is 2.42. The van der Waals surface area contributed by atoms with Crippen molar-refractivity contribution < 1.29 is 27.8 Å². The number of hydrogen-bond acceptors (Lipinski definition) is 4. The van der Waals surface area contributed by atoms with E-state index in [1.165, 1.54) is 32.2 Å². The second-order valence-electron chi connectivity index (χ2n) is 3.83. The topological polar surface area (TPSA) is 52.6 Å². The molecule has 104 valence electrons. The van der Waals surface area contributed by atoms with Gasteiger partial charge in [0.15, 0.2) is 0 Å². The Morgan fingerprint density at radius 1 is 1.32 bits per heavy atom. The molecule has 19 heavy (non-hydrogen) atoms. The first-order valence-electron chi connectivity index (χ1n) is 5.59. The number of esters is 1. The van der Waals surface area contributed by atoms with Crippen LogP contribution in [0.15, 0.2) is 18.2 Å². The van der Waals surface area contributed by atoms with Crippen molar-refractivity contribution in [2.24, 2.45) is 0 Å². The van der Waals surface area contributed by atoms with E-state index >= 15 is 0 Å². The average molecular weight is 272 g/mol. The molecule has 0 fully saturated rings. The summed E-state index contributed by atoms with van der Waals surface area (Å²) in [6, 6.07) is 4.12. The van der Waals surface area contributed by atoms with E-state index < -0.39 is 17.7 Å². The van der Waals surface area contributed by atoms with E-state index in [9.17, 15) is 18.4 Å². The molecule has 0 aliphatic carbocycles. The minimum atomic E-state index is -4.22. The number of methoxy groups -OCH3 is 1. The van der Waals surface area contributed by atoms with Gasteiger partial charge in [-0.15, -0.1) is 0 Å². The molecule has 0 heterocycles. The fourth-order valence-electron chi connectivity index (χ4n) is 1.47. The third-order valence-corrected chi connectivity index (χ3v) is 2.42. The van der Waals surface area contributed by atoms with E-state index in [2.05, 4.69) is 4.74 Å². The molecule has 0 aliphatic heterocycles. The Bertz CT molecular complexity index is 497. The monoisotopic (exact) mass is 272 g/mol. The lowest BCUT2D eigenvalue weighted by Gasteiger charge is -2.15. The molecule has 0 aliphatic rings. The van der Waals surface area contributed by atoms with Crippen LogP contribution >= 0.6 is 0 Å². The highest BCUT2D eigenvalue weighted by Crippen LogP contribution is 2.28. The molecule has 0 spiro atoms. The van der Waals surface area contributed by atoms with Gasteiger partial charge in [0.25, 0.3) is 0 Å². The first kappa shape index (κ1) is 15.1. The second-order valence-corrected chi connectivity index (χ2v) is 3.83. The molecule has 1 rings (SSSR count). The standard InChI is InChI=1S/C13H14F2O4/c1-4-19-12(17)13(14,15)11(16)9-6-5-8(2)7-10(9)18-3/h5-7H,4H2,1-3H3. The Hall–Kier alpha value is -1.98. The summed E-state index contributed by atoms with van der Waals surface area (Å²) < 4.78 is 36.3. The van der Waals surface area contributed by atoms with E-state index in [-0.39, 0.29) is 17.9 Å². The van der Waals surface area contributed by atoms with Crippen LogP contribution in [0.1, 0.15) is 22.8 Å². The van der Waals surface area contributed by atoms with Gasteiger partial charge in [-0.25, -0.2) is 4.79 Å². The number of rotatable bonds is 5. The molecule has 0 saturated carbocycles. The summed E-state index contributed by atoms with van der Waals surface area (Å²) in [5.41, 5.74) is 0.388. The van der Waals surface area contributed by atoms with Crippen LogP contribution in [0.25, 0.3) is 0 Å². The van der Waals surface area contributed by atoms with Gasteiger partial charge >= 0.3 is 11.9 Å². The maximum atomic E-state index is 13.6. The highest BCUT2D eigenvalue weighted by atomic mass is 19.3. The predicted molar refractivity (Wildman–Crippen MR) is 63.6 cm³/mol. The van der Waals surface area contributed by atoms with E-state index in [0.717, 1.165) is 5.56 Å². The van der Waals surface area contributed by atoms with Crippen molar-refractivity contribution in [2.75, 3.05) is 13.7 Å². The zero-order valence-electron chi connectivity index (χ0n) is 10.8. The van der Waals surface area contributed by atoms with Gasteiger partial charge in [0.2, 0.25) is 5.78 Å². The summed E-state index contributed by atoms with van der Waals surface area (Å²) in [7, 11) is 1.26. The Morgan fingerprint density at radius 2 is 1.95 bits per heavy atom. The molecule has 0 bridgehead atoms. The second kappa shape index (κ2) is 5.77. The predicted octanol–water partition coefficient (Wildman–Crippen LogP) is 2.38. The summed E-state index contributed by atoms with van der Waals surface area (Å²) in [5, 5.41) is 0. The summed E-state index contributed by atoms with van der Waals surface area (Å²) in [6.45, 7) is 2.87. The SMILES string of the molecule is CCOC(=O)C(F)(F)C(=O)c1ccc(C)cc1OC. The van der Waals surface area contributed by atoms with Gasteiger partial charge in [0.1, 0.15) is 5.75 Å². The Labute approximate surface area is 109 Å². The number of Topliss-reactive ketones (excluding diaryl/α,β-unsaturated/α-hetero) is 1. The van der Waals surface area contributed by atoms with E-state index in [0.29, 0.717) is 0 Å². The summed E-state index contributed by atoms with van der Waals surface area (Å²) in [6.07, 6.45) is 0. The zero-order chi connectivity index (χ0) is 14.6. The number of aryl methyl sites for hydroxylation is 1. The fourth-order valence-corrected chi connectivity index (χ4v) is 1.47. The van der Waals surface area contributed by atoms with Crippen molar-refractivity contribution in [1.29, 1.82) is 0 Å². The quantitative estimate of drug-likeness (QED) is 0.469. The van der Waals surface area contributed by atoms with Crippen molar-refractivity contribution >= 4 is 11.8 Å². The minimum Gasteiger partial charge on any atom is -0.496 e. The fraction of sp³-hybridized carbons (Fsp3) is 0.385. The van der Waals surface area contributed by atoms with Gasteiger partial charge in [-0.1, -0.05) is 6.07 Å². The molecule has 6 heteroatoms. The van der Waals surface area contributed by atoms with Gasteiger partial charge in [-0.3, -0.25) is 4.79 Å². The summed E-state index contributed by atoms with van der Waals surface area (Å²) >= 11 is 0. The Kier molecular flexibility index (Phi) is 4.58. The average Bonchev–Trinajstić information content (AvgIpc) is 2.37.